The number of rotatable bonds is 4. The van der Waals surface area contributed by atoms with Gasteiger partial charge in [-0.15, -0.1) is 0 Å². The van der Waals surface area contributed by atoms with Gasteiger partial charge in [0.2, 0.25) is 0 Å². The normalized spacial score (nSPS) is 20.3. The maximum atomic E-state index is 12.9. The third kappa shape index (κ3) is 7.86. The summed E-state index contributed by atoms with van der Waals surface area (Å²) in [7, 11) is 0. The van der Waals surface area contributed by atoms with E-state index in [9.17, 15) is 27.9 Å². The van der Waals surface area contributed by atoms with Gasteiger partial charge in [-0.05, 0) is 76.8 Å². The molecule has 1 aliphatic rings. The van der Waals surface area contributed by atoms with Crippen LogP contribution < -0.4 is 0 Å². The van der Waals surface area contributed by atoms with E-state index in [2.05, 4.69) is 0 Å². The predicted octanol–water partition coefficient (Wildman–Crippen LogP) is 6.22. The van der Waals surface area contributed by atoms with Crippen LogP contribution in [-0.2, 0) is 26.8 Å². The van der Waals surface area contributed by atoms with Crippen molar-refractivity contribution < 1.29 is 42.1 Å². The van der Waals surface area contributed by atoms with E-state index in [1.807, 2.05) is 0 Å². The van der Waals surface area contributed by atoms with Crippen molar-refractivity contribution >= 4 is 12.2 Å². The van der Waals surface area contributed by atoms with Gasteiger partial charge in [-0.25, -0.2) is 9.59 Å². The third-order valence-electron chi connectivity index (χ3n) is 5.76. The summed E-state index contributed by atoms with van der Waals surface area (Å²) in [5, 5.41) is 11.0. The van der Waals surface area contributed by atoms with Crippen molar-refractivity contribution in [1.29, 1.82) is 0 Å². The van der Waals surface area contributed by atoms with Crippen molar-refractivity contribution in [1.82, 2.24) is 4.90 Å². The minimum atomic E-state index is -4.41. The number of halogens is 3. The highest BCUT2D eigenvalue weighted by Gasteiger charge is 2.47. The lowest BCUT2D eigenvalue weighted by Crippen LogP contribution is -2.43. The van der Waals surface area contributed by atoms with Gasteiger partial charge in [0.1, 0.15) is 17.3 Å². The van der Waals surface area contributed by atoms with Crippen molar-refractivity contribution in [3.8, 4) is 11.1 Å². The highest BCUT2D eigenvalue weighted by molar-refractivity contribution is 5.70. The average Bonchev–Trinajstić information content (AvgIpc) is 3.06. The predicted molar refractivity (Wildman–Crippen MR) is 134 cm³/mol. The number of ether oxygens (including phenoxy) is 3. The molecule has 0 bridgehead atoms. The maximum Gasteiger partial charge on any atom is 0.509 e. The smallest absolute Gasteiger partial charge is 0.444 e. The molecular formula is C28H34F3NO6. The number of carbonyl (C=O) groups excluding carboxylic acids is 2. The van der Waals surface area contributed by atoms with Crippen molar-refractivity contribution in [2.24, 2.45) is 0 Å². The van der Waals surface area contributed by atoms with Crippen molar-refractivity contribution in [3.63, 3.8) is 0 Å². The minimum absolute atomic E-state index is 0.0797. The molecule has 1 saturated heterocycles. The molecule has 3 atom stereocenters. The highest BCUT2D eigenvalue weighted by Crippen LogP contribution is 2.32. The number of hydrogen-bond donors (Lipinski definition) is 1. The Labute approximate surface area is 220 Å². The van der Waals surface area contributed by atoms with E-state index in [1.54, 1.807) is 65.8 Å². The van der Waals surface area contributed by atoms with Gasteiger partial charge in [0.15, 0.2) is 6.10 Å². The van der Waals surface area contributed by atoms with Crippen LogP contribution in [0.2, 0.25) is 0 Å². The molecule has 1 aliphatic heterocycles. The van der Waals surface area contributed by atoms with E-state index in [1.165, 1.54) is 17.0 Å². The van der Waals surface area contributed by atoms with Gasteiger partial charge in [-0.2, -0.15) is 13.2 Å². The lowest BCUT2D eigenvalue weighted by molar-refractivity contribution is -0.137. The van der Waals surface area contributed by atoms with Crippen molar-refractivity contribution in [2.45, 2.75) is 83.6 Å². The van der Waals surface area contributed by atoms with E-state index in [-0.39, 0.29) is 13.0 Å². The molecule has 0 aliphatic carbocycles. The zero-order valence-electron chi connectivity index (χ0n) is 22.3. The molecule has 0 radical (unpaired) electrons. The first-order valence-corrected chi connectivity index (χ1v) is 12.3. The molecule has 1 fully saturated rings. The molecule has 1 heterocycles. The van der Waals surface area contributed by atoms with Gasteiger partial charge < -0.3 is 19.3 Å². The quantitative estimate of drug-likeness (QED) is 0.467. The number of alkyl halides is 3. The summed E-state index contributed by atoms with van der Waals surface area (Å²) in [6.07, 6.45) is -8.01. The molecule has 208 valence electrons. The summed E-state index contributed by atoms with van der Waals surface area (Å²) in [6, 6.07) is 11.2. The number of amides is 1. The molecule has 3 rings (SSSR count). The Bertz CT molecular complexity index is 1120. The molecule has 0 saturated carbocycles. The maximum absolute atomic E-state index is 12.9. The van der Waals surface area contributed by atoms with E-state index >= 15 is 0 Å². The molecule has 0 unspecified atom stereocenters. The Kier molecular flexibility index (Phi) is 8.36. The third-order valence-corrected chi connectivity index (χ3v) is 5.76. The van der Waals surface area contributed by atoms with E-state index in [0.717, 1.165) is 17.7 Å². The fraction of sp³-hybridized carbons (Fsp3) is 0.500. The van der Waals surface area contributed by atoms with Crippen molar-refractivity contribution in [3.05, 3.63) is 59.7 Å². The van der Waals surface area contributed by atoms with Gasteiger partial charge in [0.25, 0.3) is 0 Å². The molecule has 2 aromatic carbocycles. The molecule has 0 spiro atoms. The Morgan fingerprint density at radius 1 is 0.868 bits per heavy atom. The summed E-state index contributed by atoms with van der Waals surface area (Å²) in [4.78, 5) is 26.5. The summed E-state index contributed by atoms with van der Waals surface area (Å²) < 4.78 is 54.6. The molecule has 1 amide bonds. The second-order valence-corrected chi connectivity index (χ2v) is 11.3. The van der Waals surface area contributed by atoms with E-state index < -0.39 is 53.4 Å². The zero-order valence-corrected chi connectivity index (χ0v) is 22.3. The lowest BCUT2D eigenvalue weighted by Gasteiger charge is -2.29. The standard InChI is InChI=1S/C28H34F3NO6/c1-26(2,3)37-24(34)32-16-22(36-25(35)38-27(4,5)6)23(33)21(32)15-17-7-9-18(10-8-17)19-11-13-20(14-12-19)28(29,30)31/h7-14,21-23,33H,15-16H2,1-6H3/t21-,22+,23+/m1/s1. The van der Waals surface area contributed by atoms with Crippen LogP contribution in [0.4, 0.5) is 22.8 Å². The fourth-order valence-corrected chi connectivity index (χ4v) is 4.06. The summed E-state index contributed by atoms with van der Waals surface area (Å²) in [5.41, 5.74) is -0.203. The Balaban J connectivity index is 1.78. The summed E-state index contributed by atoms with van der Waals surface area (Å²) in [6.45, 7) is 10.1. The van der Waals surface area contributed by atoms with Crippen LogP contribution in [0.5, 0.6) is 0 Å². The number of aliphatic hydroxyl groups is 1. The van der Waals surface area contributed by atoms with Crippen molar-refractivity contribution in [2.75, 3.05) is 6.54 Å². The van der Waals surface area contributed by atoms with Crippen LogP contribution >= 0.6 is 0 Å². The molecule has 7 nitrogen and oxygen atoms in total. The van der Waals surface area contributed by atoms with Gasteiger partial charge in [0.05, 0.1) is 18.2 Å². The van der Waals surface area contributed by atoms with Gasteiger partial charge in [-0.3, -0.25) is 4.90 Å². The molecule has 38 heavy (non-hydrogen) atoms. The van der Waals surface area contributed by atoms with Gasteiger partial charge in [0, 0.05) is 0 Å². The van der Waals surface area contributed by atoms with Crippen LogP contribution in [0, 0.1) is 0 Å². The van der Waals surface area contributed by atoms with Crippen LogP contribution in [0.15, 0.2) is 48.5 Å². The lowest BCUT2D eigenvalue weighted by atomic mass is 9.98. The first kappa shape index (κ1) is 29.3. The van der Waals surface area contributed by atoms with Crippen LogP contribution in [0.25, 0.3) is 11.1 Å². The first-order chi connectivity index (χ1) is 17.4. The monoisotopic (exact) mass is 537 g/mol. The Morgan fingerprint density at radius 3 is 1.84 bits per heavy atom. The van der Waals surface area contributed by atoms with E-state index in [4.69, 9.17) is 14.2 Å². The second-order valence-electron chi connectivity index (χ2n) is 11.3. The highest BCUT2D eigenvalue weighted by atomic mass is 19.4. The Hall–Kier alpha value is -3.27. The first-order valence-electron chi connectivity index (χ1n) is 12.3. The summed E-state index contributed by atoms with van der Waals surface area (Å²) >= 11 is 0. The van der Waals surface area contributed by atoms with Gasteiger partial charge >= 0.3 is 18.4 Å². The van der Waals surface area contributed by atoms with Crippen LogP contribution in [-0.4, -0.2) is 58.3 Å². The zero-order chi connectivity index (χ0) is 28.5. The SMILES string of the molecule is CC(C)(C)OC(=O)O[C@H]1CN(C(=O)OC(C)(C)C)[C@H](Cc2ccc(-c3ccc(C(F)(F)F)cc3)cc2)[C@@H]1O. The molecule has 10 heteroatoms. The number of carbonyl (C=O) groups is 2. The topological polar surface area (TPSA) is 85.3 Å². The molecular weight excluding hydrogens is 503 g/mol. The number of likely N-dealkylation sites (tertiary alicyclic amines) is 1. The molecule has 0 aromatic heterocycles. The number of aliphatic hydroxyl groups excluding tert-OH is 1. The number of nitrogens with zero attached hydrogens (tertiary/aromatic N) is 1. The molecule has 2 aromatic rings. The summed E-state index contributed by atoms with van der Waals surface area (Å²) in [5.74, 6) is 0. The second kappa shape index (κ2) is 10.8. The minimum Gasteiger partial charge on any atom is -0.444 e. The number of benzene rings is 2. The number of hydrogen-bond acceptors (Lipinski definition) is 6. The van der Waals surface area contributed by atoms with Crippen LogP contribution in [0.1, 0.15) is 52.7 Å². The van der Waals surface area contributed by atoms with Crippen LogP contribution in [0.3, 0.4) is 0 Å². The fourth-order valence-electron chi connectivity index (χ4n) is 4.06. The van der Waals surface area contributed by atoms with Gasteiger partial charge in [-0.1, -0.05) is 36.4 Å². The molecule has 1 N–H and O–H groups in total. The Morgan fingerprint density at radius 2 is 1.37 bits per heavy atom. The largest absolute Gasteiger partial charge is 0.509 e. The average molecular weight is 538 g/mol. The van der Waals surface area contributed by atoms with E-state index in [0.29, 0.717) is 11.1 Å².